The highest BCUT2D eigenvalue weighted by Crippen LogP contribution is 2.50. The van der Waals surface area contributed by atoms with E-state index in [1.807, 2.05) is 6.07 Å². The Balaban J connectivity index is 1.67. The van der Waals surface area contributed by atoms with E-state index in [1.54, 1.807) is 0 Å². The van der Waals surface area contributed by atoms with Crippen LogP contribution in [0.5, 0.6) is 0 Å². The molecule has 0 amide bonds. The zero-order chi connectivity index (χ0) is 16.6. The summed E-state index contributed by atoms with van der Waals surface area (Å²) in [4.78, 5) is 2.08. The molecule has 2 unspecified atom stereocenters. The van der Waals surface area contributed by atoms with Gasteiger partial charge in [-0.3, -0.25) is 0 Å². The molecule has 2 N–H and O–H groups in total. The molecule has 4 rings (SSSR count). The fourth-order valence-electron chi connectivity index (χ4n) is 5.36. The summed E-state index contributed by atoms with van der Waals surface area (Å²) in [7, 11) is 0. The minimum atomic E-state index is -0.784. The summed E-state index contributed by atoms with van der Waals surface area (Å²) in [5, 5.41) is 16.3. The molecule has 4 heteroatoms. The third-order valence-electron chi connectivity index (χ3n) is 6.51. The van der Waals surface area contributed by atoms with Crippen molar-refractivity contribution in [3.8, 4) is 0 Å². The molecule has 130 valence electrons. The third kappa shape index (κ3) is 2.64. The summed E-state index contributed by atoms with van der Waals surface area (Å²) >= 11 is 5.77. The fourth-order valence-corrected chi connectivity index (χ4v) is 5.78. The lowest BCUT2D eigenvalue weighted by molar-refractivity contribution is -0.184. The van der Waals surface area contributed by atoms with Crippen LogP contribution in [0.4, 0.5) is 0 Å². The highest BCUT2D eigenvalue weighted by Gasteiger charge is 2.58. The number of hydrogen-bond acceptors (Lipinski definition) is 2. The second-order valence-corrected chi connectivity index (χ2v) is 8.28. The largest absolute Gasteiger partial charge is 0.370 e. The number of thiocarbonyl (C=S) groups is 1. The van der Waals surface area contributed by atoms with Crippen LogP contribution in [0.1, 0.15) is 63.4 Å². The first-order chi connectivity index (χ1) is 11.6. The normalized spacial score (nSPS) is 32.3. The second kappa shape index (κ2) is 6.30. The zero-order valence-corrected chi connectivity index (χ0v) is 15.2. The van der Waals surface area contributed by atoms with Gasteiger partial charge in [0.2, 0.25) is 0 Å². The van der Waals surface area contributed by atoms with Gasteiger partial charge in [0.05, 0.1) is 0 Å². The number of benzene rings is 1. The molecule has 2 aliphatic carbocycles. The summed E-state index contributed by atoms with van der Waals surface area (Å²) in [5.74, 6) is 0.287. The van der Waals surface area contributed by atoms with Crippen molar-refractivity contribution in [1.82, 2.24) is 10.2 Å². The number of aliphatic hydroxyl groups is 1. The SMILES string of the molecule is OC12CCCCC1C1(CCCCC1)NC(=S)N2Cc1ccccc1. The number of fused-ring (bicyclic) bond motifs is 2. The second-order valence-electron chi connectivity index (χ2n) is 7.90. The van der Waals surface area contributed by atoms with Crippen LogP contribution < -0.4 is 5.32 Å². The molecule has 2 atom stereocenters. The van der Waals surface area contributed by atoms with Crippen LogP contribution in [0.25, 0.3) is 0 Å². The van der Waals surface area contributed by atoms with Gasteiger partial charge >= 0.3 is 0 Å². The lowest BCUT2D eigenvalue weighted by atomic mass is 9.62. The monoisotopic (exact) mass is 344 g/mol. The molecule has 0 aromatic heterocycles. The Morgan fingerprint density at radius 2 is 1.75 bits per heavy atom. The first-order valence-corrected chi connectivity index (χ1v) is 9.91. The van der Waals surface area contributed by atoms with Crippen LogP contribution in [0.3, 0.4) is 0 Å². The van der Waals surface area contributed by atoms with E-state index in [0.29, 0.717) is 6.54 Å². The van der Waals surface area contributed by atoms with Crippen LogP contribution in [0.15, 0.2) is 30.3 Å². The van der Waals surface area contributed by atoms with Crippen molar-refractivity contribution in [3.05, 3.63) is 35.9 Å². The Morgan fingerprint density at radius 1 is 1.04 bits per heavy atom. The van der Waals surface area contributed by atoms with Crippen molar-refractivity contribution < 1.29 is 5.11 Å². The molecule has 1 aliphatic heterocycles. The topological polar surface area (TPSA) is 35.5 Å². The third-order valence-corrected chi connectivity index (χ3v) is 6.83. The van der Waals surface area contributed by atoms with Crippen LogP contribution in [0, 0.1) is 5.92 Å². The first-order valence-electron chi connectivity index (χ1n) is 9.50. The summed E-state index contributed by atoms with van der Waals surface area (Å²) in [5.41, 5.74) is 0.449. The van der Waals surface area contributed by atoms with Gasteiger partial charge in [0.15, 0.2) is 5.11 Å². The Labute approximate surface area is 150 Å². The zero-order valence-electron chi connectivity index (χ0n) is 14.3. The standard InChI is InChI=1S/C20H28N2OS/c23-20-14-8-5-11-17(20)19(12-6-2-7-13-19)21-18(24)22(20)15-16-9-3-1-4-10-16/h1,3-4,9-10,17,23H,2,5-8,11-15H2,(H,21,24). The van der Waals surface area contributed by atoms with Crippen molar-refractivity contribution >= 4 is 17.3 Å². The maximum atomic E-state index is 11.8. The number of nitrogens with zero attached hydrogens (tertiary/aromatic N) is 1. The van der Waals surface area contributed by atoms with Crippen molar-refractivity contribution in [3.63, 3.8) is 0 Å². The summed E-state index contributed by atoms with van der Waals surface area (Å²) in [6, 6.07) is 10.4. The van der Waals surface area contributed by atoms with Gasteiger partial charge in [-0.05, 0) is 49.9 Å². The quantitative estimate of drug-likeness (QED) is 0.796. The lowest BCUT2D eigenvalue weighted by Gasteiger charge is -2.61. The van der Waals surface area contributed by atoms with E-state index in [0.717, 1.165) is 37.2 Å². The number of hydrogen-bond donors (Lipinski definition) is 2. The maximum absolute atomic E-state index is 11.8. The van der Waals surface area contributed by atoms with E-state index < -0.39 is 5.72 Å². The maximum Gasteiger partial charge on any atom is 0.171 e. The Bertz CT molecular complexity index is 599. The first kappa shape index (κ1) is 16.3. The van der Waals surface area contributed by atoms with Gasteiger partial charge in [0.25, 0.3) is 0 Å². The minimum Gasteiger partial charge on any atom is -0.370 e. The van der Waals surface area contributed by atoms with Gasteiger partial charge in [0.1, 0.15) is 5.72 Å². The van der Waals surface area contributed by atoms with Crippen molar-refractivity contribution in [1.29, 1.82) is 0 Å². The molecular weight excluding hydrogens is 316 g/mol. The van der Waals surface area contributed by atoms with E-state index in [-0.39, 0.29) is 11.5 Å². The van der Waals surface area contributed by atoms with E-state index in [1.165, 1.54) is 31.2 Å². The predicted molar refractivity (Wildman–Crippen MR) is 100 cm³/mol. The molecule has 3 fully saturated rings. The summed E-state index contributed by atoms with van der Waals surface area (Å²) in [6.07, 6.45) is 10.4. The van der Waals surface area contributed by atoms with Crippen LogP contribution in [-0.2, 0) is 6.54 Å². The molecule has 1 heterocycles. The summed E-state index contributed by atoms with van der Waals surface area (Å²) in [6.45, 7) is 0.690. The van der Waals surface area contributed by atoms with Gasteiger partial charge < -0.3 is 15.3 Å². The van der Waals surface area contributed by atoms with E-state index in [9.17, 15) is 5.11 Å². The summed E-state index contributed by atoms with van der Waals surface area (Å²) < 4.78 is 0. The van der Waals surface area contributed by atoms with Gasteiger partial charge in [-0.2, -0.15) is 0 Å². The molecule has 3 nitrogen and oxygen atoms in total. The smallest absolute Gasteiger partial charge is 0.171 e. The predicted octanol–water partition coefficient (Wildman–Crippen LogP) is 3.96. The number of nitrogens with one attached hydrogen (secondary N) is 1. The van der Waals surface area contributed by atoms with E-state index >= 15 is 0 Å². The lowest BCUT2D eigenvalue weighted by Crippen LogP contribution is -2.75. The van der Waals surface area contributed by atoms with Gasteiger partial charge in [-0.25, -0.2) is 0 Å². The molecular formula is C20H28N2OS. The van der Waals surface area contributed by atoms with Crippen LogP contribution in [0.2, 0.25) is 0 Å². The molecule has 3 aliphatic rings. The van der Waals surface area contributed by atoms with Gasteiger partial charge in [0, 0.05) is 18.0 Å². The van der Waals surface area contributed by atoms with Crippen molar-refractivity contribution in [2.24, 2.45) is 5.92 Å². The molecule has 0 radical (unpaired) electrons. The van der Waals surface area contributed by atoms with Crippen LogP contribution >= 0.6 is 12.2 Å². The van der Waals surface area contributed by atoms with E-state index in [4.69, 9.17) is 12.2 Å². The molecule has 1 aromatic rings. The van der Waals surface area contributed by atoms with Crippen LogP contribution in [-0.4, -0.2) is 26.4 Å². The molecule has 24 heavy (non-hydrogen) atoms. The Morgan fingerprint density at radius 3 is 2.50 bits per heavy atom. The van der Waals surface area contributed by atoms with Crippen molar-refractivity contribution in [2.75, 3.05) is 0 Å². The van der Waals surface area contributed by atoms with Gasteiger partial charge in [-0.1, -0.05) is 56.0 Å². The average Bonchev–Trinajstić information content (AvgIpc) is 2.60. The van der Waals surface area contributed by atoms with Gasteiger partial charge in [-0.15, -0.1) is 0 Å². The molecule has 0 bridgehead atoms. The molecule has 2 saturated carbocycles. The number of rotatable bonds is 2. The Kier molecular flexibility index (Phi) is 4.29. The molecule has 1 aromatic carbocycles. The highest BCUT2D eigenvalue weighted by atomic mass is 32.1. The fraction of sp³-hybridized carbons (Fsp3) is 0.650. The van der Waals surface area contributed by atoms with E-state index in [2.05, 4.69) is 34.5 Å². The van der Waals surface area contributed by atoms with Crippen molar-refractivity contribution in [2.45, 2.75) is 75.6 Å². The highest BCUT2D eigenvalue weighted by molar-refractivity contribution is 7.80. The molecule has 1 spiro atoms. The average molecular weight is 345 g/mol. The molecule has 1 saturated heterocycles. The Hall–Kier alpha value is -1.13. The minimum absolute atomic E-state index is 0.0255.